The smallest absolute Gasteiger partial charge is 0.307 e. The predicted molar refractivity (Wildman–Crippen MR) is 74.1 cm³/mol. The maximum atomic E-state index is 11.5. The summed E-state index contributed by atoms with van der Waals surface area (Å²) in [7, 11) is 0. The highest BCUT2D eigenvalue weighted by atomic mass is 16.5. The van der Waals surface area contributed by atoms with Gasteiger partial charge in [0.1, 0.15) is 5.78 Å². The Morgan fingerprint density at radius 1 is 1.35 bits per heavy atom. The first-order chi connectivity index (χ1) is 9.51. The second kappa shape index (κ2) is 8.45. The van der Waals surface area contributed by atoms with Crippen LogP contribution in [-0.4, -0.2) is 33.4 Å². The number of aryl methyl sites for hydroxylation is 2. The molecular weight excluding hydrogens is 258 g/mol. The van der Waals surface area contributed by atoms with Gasteiger partial charge in [-0.25, -0.2) is 0 Å². The molecule has 112 valence electrons. The molecule has 1 aromatic heterocycles. The Hall–Kier alpha value is -1.72. The molecular formula is C14H23N3O3. The van der Waals surface area contributed by atoms with E-state index in [1.165, 1.54) is 0 Å². The van der Waals surface area contributed by atoms with E-state index in [2.05, 4.69) is 10.3 Å². The molecule has 0 saturated heterocycles. The van der Waals surface area contributed by atoms with Crippen molar-refractivity contribution in [3.63, 3.8) is 0 Å². The molecule has 0 bridgehead atoms. The van der Waals surface area contributed by atoms with Gasteiger partial charge in [0.25, 0.3) is 0 Å². The number of carbonyl (C=O) groups excluding carboxylic acids is 2. The number of aromatic nitrogens is 3. The number of ether oxygens (including phenoxy) is 1. The average molecular weight is 281 g/mol. The van der Waals surface area contributed by atoms with Crippen LogP contribution in [-0.2, 0) is 27.3 Å². The van der Waals surface area contributed by atoms with E-state index in [4.69, 9.17) is 4.74 Å². The van der Waals surface area contributed by atoms with Gasteiger partial charge in [0, 0.05) is 19.0 Å². The Labute approximate surface area is 119 Å². The molecule has 0 saturated carbocycles. The summed E-state index contributed by atoms with van der Waals surface area (Å²) in [6, 6.07) is 0. The van der Waals surface area contributed by atoms with Gasteiger partial charge in [0.2, 0.25) is 0 Å². The van der Waals surface area contributed by atoms with Crippen molar-refractivity contribution in [3.8, 4) is 0 Å². The normalized spacial score (nSPS) is 10.8. The molecule has 0 spiro atoms. The van der Waals surface area contributed by atoms with Gasteiger partial charge in [-0.05, 0) is 12.3 Å². The summed E-state index contributed by atoms with van der Waals surface area (Å²) < 4.78 is 6.69. The summed E-state index contributed by atoms with van der Waals surface area (Å²) in [6.45, 7) is 6.73. The van der Waals surface area contributed by atoms with Gasteiger partial charge in [-0.15, -0.1) is 5.10 Å². The van der Waals surface area contributed by atoms with Crippen LogP contribution in [0.4, 0.5) is 0 Å². The van der Waals surface area contributed by atoms with Crippen LogP contribution in [0.3, 0.4) is 0 Å². The predicted octanol–water partition coefficient (Wildman–Crippen LogP) is 1.78. The number of hydrogen-bond donors (Lipinski definition) is 0. The van der Waals surface area contributed by atoms with Crippen LogP contribution in [0.25, 0.3) is 0 Å². The molecule has 0 atom stereocenters. The molecule has 1 rings (SSSR count). The van der Waals surface area contributed by atoms with Crippen LogP contribution in [0.15, 0.2) is 6.20 Å². The Balaban J connectivity index is 2.29. The van der Waals surface area contributed by atoms with Gasteiger partial charge < -0.3 is 4.74 Å². The first kappa shape index (κ1) is 16.3. The lowest BCUT2D eigenvalue weighted by Crippen LogP contribution is -2.12. The number of ketones is 1. The van der Waals surface area contributed by atoms with Crippen molar-refractivity contribution in [3.05, 3.63) is 11.9 Å². The number of carbonyl (C=O) groups is 2. The van der Waals surface area contributed by atoms with E-state index in [1.807, 2.05) is 20.8 Å². The largest absolute Gasteiger partial charge is 0.465 e. The second-order valence-corrected chi connectivity index (χ2v) is 5.19. The van der Waals surface area contributed by atoms with E-state index >= 15 is 0 Å². The zero-order valence-corrected chi connectivity index (χ0v) is 12.5. The minimum absolute atomic E-state index is 0.219. The molecule has 0 aliphatic rings. The third-order valence-electron chi connectivity index (χ3n) is 2.76. The molecule has 6 nitrogen and oxygen atoms in total. The third-order valence-corrected chi connectivity index (χ3v) is 2.76. The zero-order chi connectivity index (χ0) is 15.0. The van der Waals surface area contributed by atoms with Crippen LogP contribution < -0.4 is 0 Å². The van der Waals surface area contributed by atoms with Gasteiger partial charge in [0.15, 0.2) is 0 Å². The number of rotatable bonds is 9. The molecule has 0 aliphatic heterocycles. The Morgan fingerprint density at radius 2 is 2.10 bits per heavy atom. The van der Waals surface area contributed by atoms with E-state index in [1.54, 1.807) is 10.9 Å². The molecule has 0 radical (unpaired) electrons. The second-order valence-electron chi connectivity index (χ2n) is 5.19. The van der Waals surface area contributed by atoms with Crippen molar-refractivity contribution < 1.29 is 14.3 Å². The summed E-state index contributed by atoms with van der Waals surface area (Å²) in [4.78, 5) is 22.7. The third kappa shape index (κ3) is 6.45. The number of Topliss-reactive ketones (excluding diaryl/α,β-unsaturated/α-hetero) is 1. The number of hydrogen-bond acceptors (Lipinski definition) is 5. The monoisotopic (exact) mass is 281 g/mol. The van der Waals surface area contributed by atoms with Crippen LogP contribution in [0.5, 0.6) is 0 Å². The number of nitrogens with zero attached hydrogens (tertiary/aromatic N) is 3. The summed E-state index contributed by atoms with van der Waals surface area (Å²) in [5, 5.41) is 7.92. The maximum absolute atomic E-state index is 11.5. The van der Waals surface area contributed by atoms with E-state index in [9.17, 15) is 9.59 Å². The minimum atomic E-state index is -0.225. The van der Waals surface area contributed by atoms with Gasteiger partial charge in [-0.3, -0.25) is 14.3 Å². The Kier molecular flexibility index (Phi) is 6.90. The quantitative estimate of drug-likeness (QED) is 0.645. The fourth-order valence-corrected chi connectivity index (χ4v) is 1.54. The highest BCUT2D eigenvalue weighted by Crippen LogP contribution is 2.02. The molecule has 6 heteroatoms. The molecule has 0 N–H and O–H groups in total. The Morgan fingerprint density at radius 3 is 2.75 bits per heavy atom. The van der Waals surface area contributed by atoms with Crippen molar-refractivity contribution in [1.82, 2.24) is 15.0 Å². The molecule has 0 unspecified atom stereocenters. The summed E-state index contributed by atoms with van der Waals surface area (Å²) in [6.07, 6.45) is 3.70. The van der Waals surface area contributed by atoms with Crippen LogP contribution in [0, 0.1) is 5.92 Å². The molecule has 0 fully saturated rings. The zero-order valence-electron chi connectivity index (χ0n) is 12.5. The van der Waals surface area contributed by atoms with Crippen molar-refractivity contribution in [1.29, 1.82) is 0 Å². The van der Waals surface area contributed by atoms with E-state index in [0.717, 1.165) is 5.69 Å². The van der Waals surface area contributed by atoms with Crippen molar-refractivity contribution in [2.24, 2.45) is 5.92 Å². The van der Waals surface area contributed by atoms with E-state index in [0.29, 0.717) is 38.3 Å². The lowest BCUT2D eigenvalue weighted by Gasteiger charge is -2.06. The van der Waals surface area contributed by atoms with Gasteiger partial charge in [-0.2, -0.15) is 0 Å². The summed E-state index contributed by atoms with van der Waals surface area (Å²) in [5.41, 5.74) is 0.780. The van der Waals surface area contributed by atoms with Crippen LogP contribution in [0.2, 0.25) is 0 Å². The van der Waals surface area contributed by atoms with Crippen LogP contribution >= 0.6 is 0 Å². The van der Waals surface area contributed by atoms with Crippen LogP contribution in [0.1, 0.15) is 45.7 Å². The molecule has 0 aliphatic carbocycles. The Bertz CT molecular complexity index is 441. The van der Waals surface area contributed by atoms with Gasteiger partial charge in [0.05, 0.1) is 25.3 Å². The summed E-state index contributed by atoms with van der Waals surface area (Å²) in [5.74, 6) is 0.335. The lowest BCUT2D eigenvalue weighted by molar-refractivity contribution is -0.145. The summed E-state index contributed by atoms with van der Waals surface area (Å²) >= 11 is 0. The molecule has 1 aromatic rings. The maximum Gasteiger partial charge on any atom is 0.307 e. The first-order valence-electron chi connectivity index (χ1n) is 7.07. The van der Waals surface area contributed by atoms with E-state index < -0.39 is 0 Å². The highest BCUT2D eigenvalue weighted by molar-refractivity contribution is 5.78. The highest BCUT2D eigenvalue weighted by Gasteiger charge is 2.07. The van der Waals surface area contributed by atoms with Crippen molar-refractivity contribution in [2.75, 3.05) is 6.61 Å². The molecule has 20 heavy (non-hydrogen) atoms. The first-order valence-corrected chi connectivity index (χ1v) is 7.07. The van der Waals surface area contributed by atoms with Crippen molar-refractivity contribution >= 4 is 11.8 Å². The SMILES string of the molecule is CCC(=O)CCc1cn(CCC(=O)OCC(C)C)nn1. The topological polar surface area (TPSA) is 74.1 Å². The van der Waals surface area contributed by atoms with E-state index in [-0.39, 0.29) is 18.2 Å². The fourth-order valence-electron chi connectivity index (χ4n) is 1.54. The van der Waals surface area contributed by atoms with Gasteiger partial charge in [-0.1, -0.05) is 26.0 Å². The molecule has 0 aromatic carbocycles. The standard InChI is InChI=1S/C14H23N3O3/c1-4-13(18)6-5-12-9-17(16-15-12)8-7-14(19)20-10-11(2)3/h9,11H,4-8,10H2,1-3H3. The average Bonchev–Trinajstić information content (AvgIpc) is 2.88. The van der Waals surface area contributed by atoms with Crippen molar-refractivity contribution in [2.45, 2.75) is 53.0 Å². The number of esters is 1. The molecule has 1 heterocycles. The molecule has 0 amide bonds. The lowest BCUT2D eigenvalue weighted by atomic mass is 10.1. The minimum Gasteiger partial charge on any atom is -0.465 e. The van der Waals surface area contributed by atoms with Gasteiger partial charge >= 0.3 is 5.97 Å². The fraction of sp³-hybridized carbons (Fsp3) is 0.714.